The summed E-state index contributed by atoms with van der Waals surface area (Å²) >= 11 is 0. The van der Waals surface area contributed by atoms with Crippen molar-refractivity contribution in [2.75, 3.05) is 6.54 Å². The van der Waals surface area contributed by atoms with E-state index >= 15 is 0 Å². The molecule has 1 aliphatic heterocycles. The second kappa shape index (κ2) is 2.69. The summed E-state index contributed by atoms with van der Waals surface area (Å²) in [5.74, 6) is 0.430. The van der Waals surface area contributed by atoms with Crippen molar-refractivity contribution < 1.29 is 19.9 Å². The standard InChI is InChI=1S/C8H11N3O4/c12-8-3-4-10(13)6(8)2-1-5-7(8)9-11(14)15-5/h6,12-13H,1-4H2/t6-,8-/m0/s1. The van der Waals surface area contributed by atoms with Crippen molar-refractivity contribution >= 4 is 0 Å². The highest BCUT2D eigenvalue weighted by atomic mass is 16.7. The first-order valence-corrected chi connectivity index (χ1v) is 4.89. The first-order valence-electron chi connectivity index (χ1n) is 4.89. The van der Waals surface area contributed by atoms with E-state index in [0.717, 1.165) is 5.06 Å². The largest absolute Gasteiger partial charge is 0.381 e. The fourth-order valence-corrected chi connectivity index (χ4v) is 2.57. The normalized spacial score (nSPS) is 35.2. The van der Waals surface area contributed by atoms with E-state index in [1.165, 1.54) is 0 Å². The molecular weight excluding hydrogens is 202 g/mol. The maximum absolute atomic E-state index is 10.9. The summed E-state index contributed by atoms with van der Waals surface area (Å²) in [6.45, 7) is 0.381. The lowest BCUT2D eigenvalue weighted by atomic mass is 9.82. The minimum atomic E-state index is -1.23. The van der Waals surface area contributed by atoms with Gasteiger partial charge in [0.05, 0.1) is 16.9 Å². The molecule has 2 aliphatic rings. The Morgan fingerprint density at radius 3 is 3.27 bits per heavy atom. The van der Waals surface area contributed by atoms with E-state index < -0.39 is 5.60 Å². The van der Waals surface area contributed by atoms with Crippen LogP contribution in [0.25, 0.3) is 0 Å². The SMILES string of the molecule is [O-][n+]1nc2c(o1)CC[C@@H]1N(O)CC[C@@]21O. The molecule has 0 spiro atoms. The van der Waals surface area contributed by atoms with E-state index in [-0.39, 0.29) is 16.8 Å². The van der Waals surface area contributed by atoms with Gasteiger partial charge in [-0.25, -0.2) is 5.21 Å². The third kappa shape index (κ3) is 1.05. The van der Waals surface area contributed by atoms with Gasteiger partial charge >= 0.3 is 0 Å². The highest BCUT2D eigenvalue weighted by Crippen LogP contribution is 2.42. The van der Waals surface area contributed by atoms with Crippen LogP contribution in [0.4, 0.5) is 0 Å². The summed E-state index contributed by atoms with van der Waals surface area (Å²) < 4.78 is 4.80. The molecule has 0 amide bonds. The van der Waals surface area contributed by atoms with E-state index in [4.69, 9.17) is 4.52 Å². The Morgan fingerprint density at radius 2 is 2.47 bits per heavy atom. The minimum Gasteiger partial charge on any atom is -0.381 e. The number of aromatic nitrogens is 2. The molecule has 0 aromatic carbocycles. The molecule has 1 aliphatic carbocycles. The van der Waals surface area contributed by atoms with Gasteiger partial charge in [-0.1, -0.05) is 0 Å². The van der Waals surface area contributed by atoms with E-state index in [0.29, 0.717) is 31.6 Å². The number of nitrogens with zero attached hydrogens (tertiary/aromatic N) is 3. The third-order valence-corrected chi connectivity index (χ3v) is 3.32. The van der Waals surface area contributed by atoms with Crippen LogP contribution in [0.2, 0.25) is 0 Å². The molecule has 2 atom stereocenters. The van der Waals surface area contributed by atoms with Crippen molar-refractivity contribution in [2.45, 2.75) is 30.9 Å². The van der Waals surface area contributed by atoms with Crippen LogP contribution in [-0.2, 0) is 12.0 Å². The smallest absolute Gasteiger partial charge is 0.178 e. The fraction of sp³-hybridized carbons (Fsp3) is 0.750. The van der Waals surface area contributed by atoms with Crippen LogP contribution < -0.4 is 5.02 Å². The van der Waals surface area contributed by atoms with Gasteiger partial charge in [0.15, 0.2) is 10.7 Å². The number of rotatable bonds is 0. The molecule has 7 nitrogen and oxygen atoms in total. The summed E-state index contributed by atoms with van der Waals surface area (Å²) in [6, 6.07) is -0.380. The zero-order valence-electron chi connectivity index (χ0n) is 7.96. The highest BCUT2D eigenvalue weighted by molar-refractivity contribution is 5.23. The first kappa shape index (κ1) is 9.08. The molecule has 82 valence electrons. The van der Waals surface area contributed by atoms with Crippen LogP contribution in [0, 0.1) is 5.21 Å². The Bertz CT molecular complexity index is 407. The number of hydrogen-bond donors (Lipinski definition) is 2. The van der Waals surface area contributed by atoms with Crippen LogP contribution >= 0.6 is 0 Å². The molecule has 0 saturated carbocycles. The Kier molecular flexibility index (Phi) is 1.63. The molecule has 2 heterocycles. The highest BCUT2D eigenvalue weighted by Gasteiger charge is 2.53. The number of aliphatic hydroxyl groups is 1. The molecule has 1 fully saturated rings. The second-order valence-corrected chi connectivity index (χ2v) is 4.09. The Morgan fingerprint density at radius 1 is 1.67 bits per heavy atom. The number of fused-ring (bicyclic) bond motifs is 3. The van der Waals surface area contributed by atoms with Gasteiger partial charge in [-0.2, -0.15) is 5.06 Å². The number of hydroxylamine groups is 2. The predicted molar refractivity (Wildman–Crippen MR) is 44.6 cm³/mol. The molecule has 0 bridgehead atoms. The van der Waals surface area contributed by atoms with E-state index in [9.17, 15) is 15.5 Å². The Labute approximate surface area is 85.0 Å². The van der Waals surface area contributed by atoms with Crippen LogP contribution in [0.1, 0.15) is 24.3 Å². The monoisotopic (exact) mass is 213 g/mol. The summed E-state index contributed by atoms with van der Waals surface area (Å²) in [5, 5.41) is 35.7. The zero-order chi connectivity index (χ0) is 10.6. The molecular formula is C8H11N3O4. The first-order chi connectivity index (χ1) is 7.11. The summed E-state index contributed by atoms with van der Waals surface area (Å²) in [6.07, 6.45) is 1.45. The topological polar surface area (TPSA) is 96.7 Å². The van der Waals surface area contributed by atoms with Gasteiger partial charge in [-0.15, -0.1) is 0 Å². The molecule has 0 radical (unpaired) electrons. The molecule has 0 unspecified atom stereocenters. The van der Waals surface area contributed by atoms with Crippen molar-refractivity contribution in [1.29, 1.82) is 0 Å². The van der Waals surface area contributed by atoms with Crippen LogP contribution in [0.5, 0.6) is 0 Å². The average molecular weight is 213 g/mol. The molecule has 7 heteroatoms. The molecule has 1 saturated heterocycles. The number of hydrogen-bond acceptors (Lipinski definition) is 6. The quantitative estimate of drug-likeness (QED) is 0.531. The lowest BCUT2D eigenvalue weighted by Gasteiger charge is -2.33. The van der Waals surface area contributed by atoms with Gasteiger partial charge in [0, 0.05) is 6.54 Å². The zero-order valence-corrected chi connectivity index (χ0v) is 7.96. The molecule has 15 heavy (non-hydrogen) atoms. The Balaban J connectivity index is 2.11. The minimum absolute atomic E-state index is 0.116. The van der Waals surface area contributed by atoms with Crippen LogP contribution in [-0.4, -0.2) is 33.1 Å². The fourth-order valence-electron chi connectivity index (χ4n) is 2.57. The second-order valence-electron chi connectivity index (χ2n) is 4.09. The van der Waals surface area contributed by atoms with Crippen molar-refractivity contribution in [3.8, 4) is 0 Å². The van der Waals surface area contributed by atoms with Crippen molar-refractivity contribution in [3.63, 3.8) is 0 Å². The third-order valence-electron chi connectivity index (χ3n) is 3.32. The van der Waals surface area contributed by atoms with Gasteiger partial charge in [0.2, 0.25) is 0 Å². The maximum atomic E-state index is 10.9. The van der Waals surface area contributed by atoms with Gasteiger partial charge in [-0.05, 0) is 19.3 Å². The van der Waals surface area contributed by atoms with E-state index in [1.54, 1.807) is 0 Å². The summed E-state index contributed by atoms with van der Waals surface area (Å²) in [5.41, 5.74) is -0.952. The molecule has 3 rings (SSSR count). The van der Waals surface area contributed by atoms with Gasteiger partial charge in [0.25, 0.3) is 0 Å². The summed E-state index contributed by atoms with van der Waals surface area (Å²) in [4.78, 5) is 0. The van der Waals surface area contributed by atoms with Gasteiger partial charge in [0.1, 0.15) is 5.60 Å². The maximum Gasteiger partial charge on any atom is 0.178 e. The lowest BCUT2D eigenvalue weighted by Crippen LogP contribution is -2.45. The van der Waals surface area contributed by atoms with Crippen molar-refractivity contribution in [3.05, 3.63) is 16.7 Å². The van der Waals surface area contributed by atoms with Gasteiger partial charge in [-0.3, -0.25) is 0 Å². The van der Waals surface area contributed by atoms with Crippen LogP contribution in [0.15, 0.2) is 4.52 Å². The Hall–Kier alpha value is -1.18. The van der Waals surface area contributed by atoms with Crippen molar-refractivity contribution in [2.24, 2.45) is 0 Å². The molecule has 1 aromatic heterocycles. The van der Waals surface area contributed by atoms with Gasteiger partial charge < -0.3 is 14.8 Å². The van der Waals surface area contributed by atoms with E-state index in [2.05, 4.69) is 5.10 Å². The average Bonchev–Trinajstić information content (AvgIpc) is 2.69. The number of aryl methyl sites for hydroxylation is 1. The van der Waals surface area contributed by atoms with Crippen LogP contribution in [0.3, 0.4) is 0 Å². The summed E-state index contributed by atoms with van der Waals surface area (Å²) in [7, 11) is 0. The van der Waals surface area contributed by atoms with Crippen molar-refractivity contribution in [1.82, 2.24) is 10.2 Å². The lowest BCUT2D eigenvalue weighted by molar-refractivity contribution is -0.841. The van der Waals surface area contributed by atoms with E-state index in [1.807, 2.05) is 0 Å². The molecule has 2 N–H and O–H groups in total. The predicted octanol–water partition coefficient (Wildman–Crippen LogP) is -1.09. The molecule has 1 aromatic rings.